The maximum Gasteiger partial charge on any atom is 0.235 e. The molecule has 0 aromatic heterocycles. The first kappa shape index (κ1) is 9.51. The summed E-state index contributed by atoms with van der Waals surface area (Å²) < 4.78 is 0. The molecule has 4 heteroatoms. The SMILES string of the molecule is Nc1cc2c(cc1N)C1(CCCC1)C(=O)N2. The van der Waals surface area contributed by atoms with Crippen molar-refractivity contribution in [3.05, 3.63) is 17.7 Å². The van der Waals surface area contributed by atoms with Crippen LogP contribution in [0.3, 0.4) is 0 Å². The monoisotopic (exact) mass is 217 g/mol. The first-order valence-electron chi connectivity index (χ1n) is 5.64. The second kappa shape index (κ2) is 2.90. The molecule has 0 saturated heterocycles. The lowest BCUT2D eigenvalue weighted by Crippen LogP contribution is -2.30. The highest BCUT2D eigenvalue weighted by molar-refractivity contribution is 6.07. The molecular formula is C12H15N3O. The van der Waals surface area contributed by atoms with Gasteiger partial charge in [-0.1, -0.05) is 12.8 Å². The summed E-state index contributed by atoms with van der Waals surface area (Å²) in [5.41, 5.74) is 14.2. The number of carbonyl (C=O) groups excluding carboxylic acids is 1. The number of anilines is 3. The molecule has 0 radical (unpaired) electrons. The van der Waals surface area contributed by atoms with Crippen LogP contribution < -0.4 is 16.8 Å². The highest BCUT2D eigenvalue weighted by atomic mass is 16.2. The van der Waals surface area contributed by atoms with Gasteiger partial charge in [0.2, 0.25) is 5.91 Å². The van der Waals surface area contributed by atoms with Gasteiger partial charge in [-0.2, -0.15) is 0 Å². The molecule has 1 aromatic carbocycles. The molecule has 0 unspecified atom stereocenters. The van der Waals surface area contributed by atoms with E-state index in [1.54, 1.807) is 6.07 Å². The molecule has 0 atom stereocenters. The Morgan fingerprint density at radius 2 is 1.75 bits per heavy atom. The Labute approximate surface area is 94.0 Å². The second-order valence-electron chi connectivity index (χ2n) is 4.77. The molecule has 1 saturated carbocycles. The van der Waals surface area contributed by atoms with Gasteiger partial charge in [-0.15, -0.1) is 0 Å². The summed E-state index contributed by atoms with van der Waals surface area (Å²) >= 11 is 0. The third kappa shape index (κ3) is 1.01. The fourth-order valence-corrected chi connectivity index (χ4v) is 2.97. The molecule has 3 rings (SSSR count). The zero-order valence-electron chi connectivity index (χ0n) is 9.05. The molecule has 1 fully saturated rings. The van der Waals surface area contributed by atoms with E-state index in [4.69, 9.17) is 11.5 Å². The van der Waals surface area contributed by atoms with Crippen LogP contribution in [0.1, 0.15) is 31.2 Å². The van der Waals surface area contributed by atoms with E-state index in [9.17, 15) is 4.79 Å². The van der Waals surface area contributed by atoms with Crippen molar-refractivity contribution in [3.63, 3.8) is 0 Å². The Morgan fingerprint density at radius 1 is 1.12 bits per heavy atom. The van der Waals surface area contributed by atoms with E-state index in [1.165, 1.54) is 0 Å². The fraction of sp³-hybridized carbons (Fsp3) is 0.417. The summed E-state index contributed by atoms with van der Waals surface area (Å²) in [6.07, 6.45) is 4.07. The number of fused-ring (bicyclic) bond motifs is 2. The maximum atomic E-state index is 12.1. The fourth-order valence-electron chi connectivity index (χ4n) is 2.97. The van der Waals surface area contributed by atoms with Gasteiger partial charge in [0.15, 0.2) is 0 Å². The summed E-state index contributed by atoms with van der Waals surface area (Å²) in [6.45, 7) is 0. The minimum absolute atomic E-state index is 0.116. The van der Waals surface area contributed by atoms with E-state index >= 15 is 0 Å². The van der Waals surface area contributed by atoms with E-state index in [1.807, 2.05) is 6.07 Å². The first-order valence-corrected chi connectivity index (χ1v) is 5.64. The number of hydrogen-bond acceptors (Lipinski definition) is 3. The maximum absolute atomic E-state index is 12.1. The lowest BCUT2D eigenvalue weighted by molar-refractivity contribution is -0.120. The number of nitrogen functional groups attached to an aromatic ring is 2. The Hall–Kier alpha value is -1.71. The zero-order chi connectivity index (χ0) is 11.3. The molecule has 16 heavy (non-hydrogen) atoms. The number of benzene rings is 1. The molecule has 1 aromatic rings. The van der Waals surface area contributed by atoms with E-state index in [0.717, 1.165) is 36.9 Å². The smallest absolute Gasteiger partial charge is 0.235 e. The second-order valence-corrected chi connectivity index (χ2v) is 4.77. The molecule has 5 N–H and O–H groups in total. The molecule has 0 bridgehead atoms. The predicted molar refractivity (Wildman–Crippen MR) is 64.0 cm³/mol. The minimum Gasteiger partial charge on any atom is -0.397 e. The quantitative estimate of drug-likeness (QED) is 0.577. The largest absolute Gasteiger partial charge is 0.397 e. The lowest BCUT2D eigenvalue weighted by atomic mass is 9.80. The highest BCUT2D eigenvalue weighted by Crippen LogP contribution is 2.50. The van der Waals surface area contributed by atoms with Crippen LogP contribution in [0.2, 0.25) is 0 Å². The topological polar surface area (TPSA) is 81.1 Å². The van der Waals surface area contributed by atoms with E-state index in [-0.39, 0.29) is 11.3 Å². The summed E-state index contributed by atoms with van der Waals surface area (Å²) in [5, 5.41) is 2.92. The van der Waals surface area contributed by atoms with Gasteiger partial charge in [0.1, 0.15) is 0 Å². The van der Waals surface area contributed by atoms with Gasteiger partial charge in [-0.3, -0.25) is 4.79 Å². The third-order valence-electron chi connectivity index (χ3n) is 3.88. The Kier molecular flexibility index (Phi) is 1.73. The third-order valence-corrected chi connectivity index (χ3v) is 3.88. The predicted octanol–water partition coefficient (Wildman–Crippen LogP) is 1.61. The van der Waals surface area contributed by atoms with Crippen LogP contribution >= 0.6 is 0 Å². The number of hydrogen-bond donors (Lipinski definition) is 3. The minimum atomic E-state index is -0.322. The standard InChI is InChI=1S/C12H15N3O/c13-8-5-7-10(6-9(8)14)15-11(16)12(7)3-1-2-4-12/h5-6H,1-4,13-14H2,(H,15,16). The number of amides is 1. The molecule has 2 aliphatic rings. The average Bonchev–Trinajstić information content (AvgIpc) is 2.80. The molecule has 1 aliphatic heterocycles. The van der Waals surface area contributed by atoms with Crippen molar-refractivity contribution in [1.29, 1.82) is 0 Å². The van der Waals surface area contributed by atoms with Crippen LogP contribution in [-0.4, -0.2) is 5.91 Å². The molecule has 1 aliphatic carbocycles. The van der Waals surface area contributed by atoms with Gasteiger partial charge >= 0.3 is 0 Å². The van der Waals surface area contributed by atoms with E-state index in [0.29, 0.717) is 11.4 Å². The van der Waals surface area contributed by atoms with Gasteiger partial charge in [0.05, 0.1) is 16.8 Å². The number of nitrogens with one attached hydrogen (secondary N) is 1. The van der Waals surface area contributed by atoms with Crippen molar-refractivity contribution >= 4 is 23.0 Å². The lowest BCUT2D eigenvalue weighted by Gasteiger charge is -2.20. The summed E-state index contributed by atoms with van der Waals surface area (Å²) in [4.78, 5) is 12.1. The molecule has 1 amide bonds. The van der Waals surface area contributed by atoms with E-state index in [2.05, 4.69) is 5.32 Å². The number of rotatable bonds is 0. The van der Waals surface area contributed by atoms with Crippen LogP contribution in [0, 0.1) is 0 Å². The van der Waals surface area contributed by atoms with Crippen molar-refractivity contribution in [1.82, 2.24) is 0 Å². The normalized spacial score (nSPS) is 21.1. The molecular weight excluding hydrogens is 202 g/mol. The Morgan fingerprint density at radius 3 is 2.44 bits per heavy atom. The summed E-state index contributed by atoms with van der Waals surface area (Å²) in [6, 6.07) is 3.64. The molecule has 84 valence electrons. The van der Waals surface area contributed by atoms with Gasteiger partial charge in [0.25, 0.3) is 0 Å². The van der Waals surface area contributed by atoms with Crippen LogP contribution in [0.5, 0.6) is 0 Å². The van der Waals surface area contributed by atoms with Gasteiger partial charge in [0, 0.05) is 5.69 Å². The van der Waals surface area contributed by atoms with Gasteiger partial charge < -0.3 is 16.8 Å². The molecule has 4 nitrogen and oxygen atoms in total. The molecule has 1 heterocycles. The van der Waals surface area contributed by atoms with Gasteiger partial charge in [-0.25, -0.2) is 0 Å². The van der Waals surface area contributed by atoms with Crippen LogP contribution in [0.15, 0.2) is 12.1 Å². The van der Waals surface area contributed by atoms with Crippen molar-refractivity contribution in [2.24, 2.45) is 0 Å². The first-order chi connectivity index (χ1) is 7.63. The molecule has 1 spiro atoms. The zero-order valence-corrected chi connectivity index (χ0v) is 9.05. The Bertz CT molecular complexity index is 475. The summed E-state index contributed by atoms with van der Waals surface area (Å²) in [5.74, 6) is 0.116. The Balaban J connectivity index is 2.20. The highest BCUT2D eigenvalue weighted by Gasteiger charge is 2.48. The average molecular weight is 217 g/mol. The van der Waals surface area contributed by atoms with E-state index < -0.39 is 0 Å². The van der Waals surface area contributed by atoms with Crippen molar-refractivity contribution in [2.45, 2.75) is 31.1 Å². The van der Waals surface area contributed by atoms with Gasteiger partial charge in [-0.05, 0) is 30.5 Å². The van der Waals surface area contributed by atoms with Crippen LogP contribution in [0.4, 0.5) is 17.1 Å². The van der Waals surface area contributed by atoms with Crippen molar-refractivity contribution in [2.75, 3.05) is 16.8 Å². The van der Waals surface area contributed by atoms with Crippen LogP contribution in [-0.2, 0) is 10.2 Å². The number of carbonyl (C=O) groups is 1. The van der Waals surface area contributed by atoms with Crippen molar-refractivity contribution in [3.8, 4) is 0 Å². The number of nitrogens with two attached hydrogens (primary N) is 2. The summed E-state index contributed by atoms with van der Waals surface area (Å²) in [7, 11) is 0. The van der Waals surface area contributed by atoms with Crippen molar-refractivity contribution < 1.29 is 4.79 Å². The van der Waals surface area contributed by atoms with Crippen LogP contribution in [0.25, 0.3) is 0 Å².